The zero-order chi connectivity index (χ0) is 17.7. The number of rotatable bonds is 7. The summed E-state index contributed by atoms with van der Waals surface area (Å²) in [4.78, 5) is 1.95. The van der Waals surface area contributed by atoms with Gasteiger partial charge in [-0.2, -0.15) is 0 Å². The predicted octanol–water partition coefficient (Wildman–Crippen LogP) is 3.37. The highest BCUT2D eigenvalue weighted by molar-refractivity contribution is 7.88. The maximum Gasteiger partial charge on any atom is 0.215 e. The van der Waals surface area contributed by atoms with E-state index in [1.165, 1.54) is 0 Å². The molecule has 4 nitrogen and oxygen atoms in total. The van der Waals surface area contributed by atoms with Gasteiger partial charge in [-0.1, -0.05) is 59.6 Å². The number of aryl methyl sites for hydroxylation is 1. The zero-order valence-corrected chi connectivity index (χ0v) is 15.7. The summed E-state index contributed by atoms with van der Waals surface area (Å²) in [5.74, 6) is -0.0318. The molecule has 0 radical (unpaired) electrons. The molecule has 1 unspecified atom stereocenters. The third-order valence-electron chi connectivity index (χ3n) is 3.86. The zero-order valence-electron chi connectivity index (χ0n) is 14.2. The van der Waals surface area contributed by atoms with E-state index in [4.69, 9.17) is 11.6 Å². The van der Waals surface area contributed by atoms with Crippen molar-refractivity contribution >= 4 is 21.6 Å². The van der Waals surface area contributed by atoms with E-state index in [9.17, 15) is 8.42 Å². The summed E-state index contributed by atoms with van der Waals surface area (Å²) in [6, 6.07) is 14.9. The van der Waals surface area contributed by atoms with Crippen molar-refractivity contribution in [3.8, 4) is 0 Å². The molecule has 0 saturated heterocycles. The van der Waals surface area contributed by atoms with Gasteiger partial charge in [-0.05, 0) is 38.2 Å². The van der Waals surface area contributed by atoms with Crippen molar-refractivity contribution in [3.05, 3.63) is 70.2 Å². The minimum Gasteiger partial charge on any atom is -0.301 e. The first-order chi connectivity index (χ1) is 11.3. The molecule has 130 valence electrons. The molecule has 0 heterocycles. The van der Waals surface area contributed by atoms with Crippen LogP contribution in [0.5, 0.6) is 0 Å². The third-order valence-corrected chi connectivity index (χ3v) is 5.53. The molecular formula is C18H23ClN2O2S. The van der Waals surface area contributed by atoms with Crippen molar-refractivity contribution in [1.82, 2.24) is 9.62 Å². The van der Waals surface area contributed by atoms with Crippen LogP contribution in [0.2, 0.25) is 5.02 Å². The van der Waals surface area contributed by atoms with Crippen LogP contribution < -0.4 is 4.72 Å². The molecule has 0 spiro atoms. The lowest BCUT2D eigenvalue weighted by Gasteiger charge is -2.26. The smallest absolute Gasteiger partial charge is 0.215 e. The van der Waals surface area contributed by atoms with Gasteiger partial charge in [0.15, 0.2) is 0 Å². The van der Waals surface area contributed by atoms with Gasteiger partial charge in [0.25, 0.3) is 0 Å². The Morgan fingerprint density at radius 3 is 2.29 bits per heavy atom. The summed E-state index contributed by atoms with van der Waals surface area (Å²) in [5, 5.41) is 0.633. The molecule has 24 heavy (non-hydrogen) atoms. The van der Waals surface area contributed by atoms with Crippen molar-refractivity contribution in [2.24, 2.45) is 0 Å². The van der Waals surface area contributed by atoms with E-state index in [2.05, 4.69) is 4.72 Å². The van der Waals surface area contributed by atoms with Crippen LogP contribution in [-0.4, -0.2) is 34.0 Å². The highest BCUT2D eigenvalue weighted by atomic mass is 35.5. The largest absolute Gasteiger partial charge is 0.301 e. The summed E-state index contributed by atoms with van der Waals surface area (Å²) >= 11 is 6.25. The van der Waals surface area contributed by atoms with Crippen molar-refractivity contribution < 1.29 is 8.42 Å². The molecule has 0 aliphatic heterocycles. The lowest BCUT2D eigenvalue weighted by atomic mass is 10.1. The summed E-state index contributed by atoms with van der Waals surface area (Å²) in [6.45, 7) is 2.24. The number of hydrogen-bond acceptors (Lipinski definition) is 3. The highest BCUT2D eigenvalue weighted by Crippen LogP contribution is 2.25. The number of likely N-dealkylation sites (N-methyl/N-ethyl adjacent to an activating group) is 1. The van der Waals surface area contributed by atoms with Crippen LogP contribution in [0.25, 0.3) is 0 Å². The Balaban J connectivity index is 2.08. The number of hydrogen-bond donors (Lipinski definition) is 1. The second kappa shape index (κ2) is 8.12. The molecule has 0 aromatic heterocycles. The van der Waals surface area contributed by atoms with Crippen molar-refractivity contribution in [1.29, 1.82) is 0 Å². The lowest BCUT2D eigenvalue weighted by Crippen LogP contribution is -2.35. The standard InChI is InChI=1S/C18H23ClN2O2S/c1-14-8-10-15(11-9-14)13-24(22,23)20-12-18(21(2)3)16-6-4-5-7-17(16)19/h4-11,18,20H,12-13H2,1-3H3. The SMILES string of the molecule is Cc1ccc(CS(=O)(=O)NCC(c2ccccc2Cl)N(C)C)cc1. The van der Waals surface area contributed by atoms with Crippen molar-refractivity contribution in [2.75, 3.05) is 20.6 Å². The van der Waals surface area contributed by atoms with Gasteiger partial charge in [0.1, 0.15) is 0 Å². The summed E-state index contributed by atoms with van der Waals surface area (Å²) < 4.78 is 27.4. The van der Waals surface area contributed by atoms with Gasteiger partial charge in [-0.25, -0.2) is 13.1 Å². The van der Waals surface area contributed by atoms with E-state index in [1.807, 2.05) is 74.4 Å². The van der Waals surface area contributed by atoms with Gasteiger partial charge in [0.05, 0.1) is 5.75 Å². The summed E-state index contributed by atoms with van der Waals surface area (Å²) in [5.41, 5.74) is 2.78. The predicted molar refractivity (Wildman–Crippen MR) is 99.7 cm³/mol. The fourth-order valence-corrected chi connectivity index (χ4v) is 3.88. The maximum atomic E-state index is 12.4. The molecule has 1 atom stereocenters. The van der Waals surface area contributed by atoms with Crippen LogP contribution in [-0.2, 0) is 15.8 Å². The average Bonchev–Trinajstić information content (AvgIpc) is 2.51. The van der Waals surface area contributed by atoms with Crippen LogP contribution in [0.4, 0.5) is 0 Å². The van der Waals surface area contributed by atoms with E-state index in [0.717, 1.165) is 16.7 Å². The van der Waals surface area contributed by atoms with Gasteiger partial charge in [-0.15, -0.1) is 0 Å². The molecular weight excluding hydrogens is 344 g/mol. The highest BCUT2D eigenvalue weighted by Gasteiger charge is 2.20. The van der Waals surface area contributed by atoms with E-state index in [0.29, 0.717) is 5.02 Å². The first-order valence-corrected chi connectivity index (χ1v) is 9.75. The van der Waals surface area contributed by atoms with Crippen LogP contribution in [0.15, 0.2) is 48.5 Å². The van der Waals surface area contributed by atoms with Crippen molar-refractivity contribution in [2.45, 2.75) is 18.7 Å². The minimum absolute atomic E-state index is 0.0318. The average molecular weight is 367 g/mol. The van der Waals surface area contributed by atoms with Gasteiger partial charge in [0, 0.05) is 17.6 Å². The Bertz CT molecular complexity index is 774. The minimum atomic E-state index is -3.42. The summed E-state index contributed by atoms with van der Waals surface area (Å²) in [7, 11) is 0.393. The number of nitrogens with zero attached hydrogens (tertiary/aromatic N) is 1. The molecule has 6 heteroatoms. The number of benzene rings is 2. The molecule has 0 aliphatic carbocycles. The molecule has 2 aromatic rings. The second-order valence-electron chi connectivity index (χ2n) is 6.09. The van der Waals surface area contributed by atoms with Crippen LogP contribution in [0.1, 0.15) is 22.7 Å². The van der Waals surface area contributed by atoms with E-state index >= 15 is 0 Å². The molecule has 0 saturated carbocycles. The van der Waals surface area contributed by atoms with E-state index in [1.54, 1.807) is 0 Å². The molecule has 0 bridgehead atoms. The molecule has 2 aromatic carbocycles. The monoisotopic (exact) mass is 366 g/mol. The Morgan fingerprint density at radius 1 is 1.08 bits per heavy atom. The van der Waals surface area contributed by atoms with E-state index in [-0.39, 0.29) is 18.3 Å². The second-order valence-corrected chi connectivity index (χ2v) is 8.31. The molecule has 0 fully saturated rings. The van der Waals surface area contributed by atoms with Gasteiger partial charge < -0.3 is 4.90 Å². The van der Waals surface area contributed by atoms with Crippen LogP contribution >= 0.6 is 11.6 Å². The maximum absolute atomic E-state index is 12.4. The Kier molecular flexibility index (Phi) is 6.40. The summed E-state index contributed by atoms with van der Waals surface area (Å²) in [6.07, 6.45) is 0. The van der Waals surface area contributed by atoms with Gasteiger partial charge in [-0.3, -0.25) is 0 Å². The Morgan fingerprint density at radius 2 is 1.71 bits per heavy atom. The van der Waals surface area contributed by atoms with Gasteiger partial charge >= 0.3 is 0 Å². The number of halogens is 1. The van der Waals surface area contributed by atoms with Crippen LogP contribution in [0.3, 0.4) is 0 Å². The Labute approximate surface area is 149 Å². The van der Waals surface area contributed by atoms with Crippen molar-refractivity contribution in [3.63, 3.8) is 0 Å². The fraction of sp³-hybridized carbons (Fsp3) is 0.333. The van der Waals surface area contributed by atoms with E-state index < -0.39 is 10.0 Å². The van der Waals surface area contributed by atoms with Crippen LogP contribution in [0, 0.1) is 6.92 Å². The first kappa shape index (κ1) is 18.9. The number of sulfonamides is 1. The Hall–Kier alpha value is -1.40. The molecule has 0 amide bonds. The molecule has 2 rings (SSSR count). The first-order valence-electron chi connectivity index (χ1n) is 7.72. The topological polar surface area (TPSA) is 49.4 Å². The third kappa shape index (κ3) is 5.31. The molecule has 0 aliphatic rings. The fourth-order valence-electron chi connectivity index (χ4n) is 2.48. The quantitative estimate of drug-likeness (QED) is 0.817. The number of nitrogens with one attached hydrogen (secondary N) is 1. The lowest BCUT2D eigenvalue weighted by molar-refractivity contribution is 0.299. The molecule has 1 N–H and O–H groups in total. The normalized spacial score (nSPS) is 13.2. The van der Waals surface area contributed by atoms with Gasteiger partial charge in [0.2, 0.25) is 10.0 Å².